The predicted octanol–water partition coefficient (Wildman–Crippen LogP) is 3.65. The number of unbranched alkanes of at least 4 members (excludes halogenated alkanes) is 1. The van der Waals surface area contributed by atoms with Gasteiger partial charge in [-0.3, -0.25) is 14.6 Å². The molecule has 0 unspecified atom stereocenters. The van der Waals surface area contributed by atoms with Crippen LogP contribution < -0.4 is 10.6 Å². The lowest BCUT2D eigenvalue weighted by atomic mass is 10.1. The van der Waals surface area contributed by atoms with E-state index in [0.717, 1.165) is 41.9 Å². The second-order valence-electron chi connectivity index (χ2n) is 7.87. The maximum absolute atomic E-state index is 12.2. The van der Waals surface area contributed by atoms with E-state index < -0.39 is 0 Å². The third kappa shape index (κ3) is 8.04. The lowest BCUT2D eigenvalue weighted by Crippen LogP contribution is -2.16. The normalized spacial score (nSPS) is 10.6. The standard InChI is InChI=1S/C25H25N7O2S/c33-22(16-18-8-2-1-3-9-18)28-25-32-31-24(35-25)12-5-4-10-19-13-14-21(30-29-19)27-23(34)17-20-11-6-7-15-26-20/h1-3,6-9,11,13-15H,4-5,10,12,16-17H2,(H,27,30,34)(H,28,32,33). The largest absolute Gasteiger partial charge is 0.309 e. The van der Waals surface area contributed by atoms with Crippen LogP contribution in [0.5, 0.6) is 0 Å². The number of anilines is 2. The molecule has 0 aliphatic carbocycles. The Morgan fingerprint density at radius 2 is 1.51 bits per heavy atom. The first-order chi connectivity index (χ1) is 17.1. The van der Waals surface area contributed by atoms with Crippen molar-refractivity contribution in [3.8, 4) is 0 Å². The molecule has 0 aliphatic heterocycles. The van der Waals surface area contributed by atoms with E-state index in [1.165, 1.54) is 11.3 Å². The maximum Gasteiger partial charge on any atom is 0.231 e. The fourth-order valence-corrected chi connectivity index (χ4v) is 4.14. The van der Waals surface area contributed by atoms with Crippen LogP contribution in [0, 0.1) is 0 Å². The number of aryl methyl sites for hydroxylation is 2. The molecule has 0 fully saturated rings. The Balaban J connectivity index is 1.14. The number of aromatic nitrogens is 5. The zero-order chi connectivity index (χ0) is 24.3. The van der Waals surface area contributed by atoms with E-state index >= 15 is 0 Å². The zero-order valence-electron chi connectivity index (χ0n) is 19.1. The van der Waals surface area contributed by atoms with Crippen molar-refractivity contribution in [3.05, 3.63) is 88.8 Å². The number of hydrogen-bond donors (Lipinski definition) is 2. The molecule has 0 radical (unpaired) electrons. The SMILES string of the molecule is O=C(Cc1ccccn1)Nc1ccc(CCCCc2nnc(NC(=O)Cc3ccccc3)s2)nn1. The van der Waals surface area contributed by atoms with Gasteiger partial charge in [0.15, 0.2) is 5.82 Å². The van der Waals surface area contributed by atoms with Gasteiger partial charge >= 0.3 is 0 Å². The molecular weight excluding hydrogens is 462 g/mol. The minimum atomic E-state index is -0.182. The molecule has 0 spiro atoms. The molecule has 178 valence electrons. The lowest BCUT2D eigenvalue weighted by molar-refractivity contribution is -0.116. The number of pyridine rings is 1. The van der Waals surface area contributed by atoms with Crippen LogP contribution in [-0.2, 0) is 35.3 Å². The summed E-state index contributed by atoms with van der Waals surface area (Å²) in [6, 6.07) is 18.7. The van der Waals surface area contributed by atoms with Gasteiger partial charge in [0.05, 0.1) is 18.5 Å². The van der Waals surface area contributed by atoms with Gasteiger partial charge in [0.25, 0.3) is 0 Å². The van der Waals surface area contributed by atoms with E-state index in [0.29, 0.717) is 23.1 Å². The van der Waals surface area contributed by atoms with Crippen LogP contribution in [-0.4, -0.2) is 37.2 Å². The molecule has 4 rings (SSSR count). The Morgan fingerprint density at radius 1 is 0.714 bits per heavy atom. The molecule has 0 atom stereocenters. The van der Waals surface area contributed by atoms with Crippen molar-refractivity contribution in [3.63, 3.8) is 0 Å². The Morgan fingerprint density at radius 3 is 2.29 bits per heavy atom. The molecular formula is C25H25N7O2S. The average molecular weight is 488 g/mol. The topological polar surface area (TPSA) is 123 Å². The number of rotatable bonds is 11. The summed E-state index contributed by atoms with van der Waals surface area (Å²) in [5, 5.41) is 23.5. The average Bonchev–Trinajstić information content (AvgIpc) is 3.31. The van der Waals surface area contributed by atoms with E-state index in [4.69, 9.17) is 0 Å². The Kier molecular flexibility index (Phi) is 8.55. The van der Waals surface area contributed by atoms with E-state index in [-0.39, 0.29) is 18.2 Å². The van der Waals surface area contributed by atoms with Gasteiger partial charge < -0.3 is 10.6 Å². The van der Waals surface area contributed by atoms with Crippen molar-refractivity contribution in [2.45, 2.75) is 38.5 Å². The van der Waals surface area contributed by atoms with E-state index in [1.807, 2.05) is 48.5 Å². The fraction of sp³-hybridized carbons (Fsp3) is 0.240. The monoisotopic (exact) mass is 487 g/mol. The summed E-state index contributed by atoms with van der Waals surface area (Å²) in [5.74, 6) is 0.137. The van der Waals surface area contributed by atoms with Gasteiger partial charge in [0, 0.05) is 18.3 Å². The highest BCUT2D eigenvalue weighted by molar-refractivity contribution is 7.15. The van der Waals surface area contributed by atoms with Crippen LogP contribution in [0.25, 0.3) is 0 Å². The van der Waals surface area contributed by atoms with Gasteiger partial charge in [-0.25, -0.2) is 0 Å². The van der Waals surface area contributed by atoms with Gasteiger partial charge in [-0.1, -0.05) is 47.7 Å². The minimum Gasteiger partial charge on any atom is -0.309 e. The summed E-state index contributed by atoms with van der Waals surface area (Å²) >= 11 is 1.40. The third-order valence-electron chi connectivity index (χ3n) is 5.05. The molecule has 0 bridgehead atoms. The first-order valence-electron chi connectivity index (χ1n) is 11.3. The van der Waals surface area contributed by atoms with E-state index in [2.05, 4.69) is 36.0 Å². The number of hydrogen-bond acceptors (Lipinski definition) is 8. The summed E-state index contributed by atoms with van der Waals surface area (Å²) in [7, 11) is 0. The molecule has 0 aliphatic rings. The Hall–Kier alpha value is -4.05. The van der Waals surface area contributed by atoms with Gasteiger partial charge in [-0.2, -0.15) is 5.10 Å². The number of nitrogens with zero attached hydrogens (tertiary/aromatic N) is 5. The number of nitrogens with one attached hydrogen (secondary N) is 2. The van der Waals surface area contributed by atoms with Crippen LogP contribution in [0.3, 0.4) is 0 Å². The quantitative estimate of drug-likeness (QED) is 0.310. The van der Waals surface area contributed by atoms with Gasteiger partial charge in [-0.15, -0.1) is 15.3 Å². The molecule has 3 heterocycles. The smallest absolute Gasteiger partial charge is 0.231 e. The van der Waals surface area contributed by atoms with Crippen molar-refractivity contribution in [1.29, 1.82) is 0 Å². The number of benzene rings is 1. The highest BCUT2D eigenvalue weighted by atomic mass is 32.1. The Labute approximate surface area is 207 Å². The van der Waals surface area contributed by atoms with E-state index in [1.54, 1.807) is 18.3 Å². The second-order valence-corrected chi connectivity index (χ2v) is 8.94. The number of carbonyl (C=O) groups excluding carboxylic acids is 2. The van der Waals surface area contributed by atoms with Crippen molar-refractivity contribution in [2.24, 2.45) is 0 Å². The summed E-state index contributed by atoms with van der Waals surface area (Å²) < 4.78 is 0. The van der Waals surface area contributed by atoms with Crippen LogP contribution >= 0.6 is 11.3 Å². The van der Waals surface area contributed by atoms with Crippen LogP contribution in [0.2, 0.25) is 0 Å². The molecule has 2 amide bonds. The first kappa shape index (κ1) is 24.1. The van der Waals surface area contributed by atoms with Gasteiger partial charge in [0.1, 0.15) is 5.01 Å². The lowest BCUT2D eigenvalue weighted by Gasteiger charge is -2.04. The fourth-order valence-electron chi connectivity index (χ4n) is 3.35. The summed E-state index contributed by atoms with van der Waals surface area (Å²) in [6.07, 6.45) is 5.53. The number of amides is 2. The van der Waals surface area contributed by atoms with Gasteiger partial charge in [0.2, 0.25) is 16.9 Å². The molecule has 0 saturated heterocycles. The van der Waals surface area contributed by atoms with Crippen LogP contribution in [0.15, 0.2) is 66.9 Å². The zero-order valence-corrected chi connectivity index (χ0v) is 19.9. The molecule has 10 heteroatoms. The van der Waals surface area contributed by atoms with Crippen molar-refractivity contribution in [2.75, 3.05) is 10.6 Å². The third-order valence-corrected chi connectivity index (χ3v) is 5.95. The predicted molar refractivity (Wildman–Crippen MR) is 134 cm³/mol. The van der Waals surface area contributed by atoms with Crippen molar-refractivity contribution >= 4 is 34.1 Å². The molecule has 3 aromatic heterocycles. The molecule has 1 aromatic carbocycles. The van der Waals surface area contributed by atoms with Crippen molar-refractivity contribution < 1.29 is 9.59 Å². The van der Waals surface area contributed by atoms with Crippen molar-refractivity contribution in [1.82, 2.24) is 25.4 Å². The van der Waals surface area contributed by atoms with Crippen LogP contribution in [0.4, 0.5) is 10.9 Å². The summed E-state index contributed by atoms with van der Waals surface area (Å²) in [5.41, 5.74) is 2.52. The summed E-state index contributed by atoms with van der Waals surface area (Å²) in [6.45, 7) is 0. The minimum absolute atomic E-state index is 0.103. The molecule has 4 aromatic rings. The second kappa shape index (κ2) is 12.4. The number of carbonyl (C=O) groups is 2. The Bertz CT molecular complexity index is 1230. The molecule has 9 nitrogen and oxygen atoms in total. The first-order valence-corrected chi connectivity index (χ1v) is 12.1. The molecule has 35 heavy (non-hydrogen) atoms. The highest BCUT2D eigenvalue weighted by Gasteiger charge is 2.10. The molecule has 2 N–H and O–H groups in total. The van der Waals surface area contributed by atoms with Crippen LogP contribution in [0.1, 0.15) is 34.8 Å². The van der Waals surface area contributed by atoms with E-state index in [9.17, 15) is 9.59 Å². The van der Waals surface area contributed by atoms with Gasteiger partial charge in [-0.05, 0) is 49.1 Å². The molecule has 0 saturated carbocycles. The highest BCUT2D eigenvalue weighted by Crippen LogP contribution is 2.18. The summed E-state index contributed by atoms with van der Waals surface area (Å²) in [4.78, 5) is 28.4. The maximum atomic E-state index is 12.2.